The predicted molar refractivity (Wildman–Crippen MR) is 67.4 cm³/mol. The number of nitrogens with zero attached hydrogens (tertiary/aromatic N) is 2. The Morgan fingerprint density at radius 3 is 2.82 bits per heavy atom. The van der Waals surface area contributed by atoms with E-state index in [0.717, 1.165) is 5.56 Å². The molecule has 0 aliphatic rings. The van der Waals surface area contributed by atoms with E-state index in [9.17, 15) is 4.79 Å². The van der Waals surface area contributed by atoms with Gasteiger partial charge in [-0.2, -0.15) is 5.10 Å². The number of aromatic nitrogens is 2. The topological polar surface area (TPSA) is 46.9 Å². The quantitative estimate of drug-likeness (QED) is 0.889. The van der Waals surface area contributed by atoms with Gasteiger partial charge in [0.25, 0.3) is 5.91 Å². The Bertz CT molecular complexity index is 563. The second-order valence-electron chi connectivity index (χ2n) is 3.71. The molecule has 0 atom stereocenters. The van der Waals surface area contributed by atoms with E-state index in [1.807, 2.05) is 6.92 Å². The molecule has 17 heavy (non-hydrogen) atoms. The third-order valence-electron chi connectivity index (χ3n) is 2.57. The molecule has 0 radical (unpaired) electrons. The summed E-state index contributed by atoms with van der Waals surface area (Å²) in [6.45, 7) is 1.82. The molecule has 0 unspecified atom stereocenters. The highest BCUT2D eigenvalue weighted by molar-refractivity contribution is 6.32. The summed E-state index contributed by atoms with van der Waals surface area (Å²) in [7, 11) is 1.76. The Kier molecular flexibility index (Phi) is 3.15. The van der Waals surface area contributed by atoms with Crippen LogP contribution in [0.2, 0.25) is 5.02 Å². The van der Waals surface area contributed by atoms with Crippen LogP contribution in [0, 0.1) is 6.92 Å². The van der Waals surface area contributed by atoms with Crippen LogP contribution in [0.25, 0.3) is 0 Å². The van der Waals surface area contributed by atoms with E-state index in [-0.39, 0.29) is 5.91 Å². The lowest BCUT2D eigenvalue weighted by Crippen LogP contribution is -2.15. The molecule has 1 N–H and O–H groups in total. The third kappa shape index (κ3) is 2.31. The second kappa shape index (κ2) is 4.59. The van der Waals surface area contributed by atoms with Gasteiger partial charge in [-0.25, -0.2) is 0 Å². The molecule has 0 spiro atoms. The Balaban J connectivity index is 2.27. The van der Waals surface area contributed by atoms with Gasteiger partial charge in [-0.3, -0.25) is 9.48 Å². The molecule has 2 aromatic rings. The van der Waals surface area contributed by atoms with E-state index < -0.39 is 0 Å². The molecule has 1 heterocycles. The summed E-state index contributed by atoms with van der Waals surface area (Å²) in [6.07, 6.45) is 1.63. The number of benzene rings is 1. The van der Waals surface area contributed by atoms with Gasteiger partial charge in [-0.05, 0) is 24.6 Å². The summed E-state index contributed by atoms with van der Waals surface area (Å²) in [4.78, 5) is 12.0. The van der Waals surface area contributed by atoms with Gasteiger partial charge in [-0.15, -0.1) is 0 Å². The van der Waals surface area contributed by atoms with Crippen LogP contribution < -0.4 is 5.32 Å². The smallest absolute Gasteiger partial charge is 0.257 e. The molecular formula is C12H12ClN3O. The summed E-state index contributed by atoms with van der Waals surface area (Å²) in [5, 5.41) is 7.34. The third-order valence-corrected chi connectivity index (χ3v) is 2.98. The molecule has 1 amide bonds. The normalized spacial score (nSPS) is 10.3. The summed E-state index contributed by atoms with van der Waals surface area (Å²) in [6, 6.07) is 7.00. The Morgan fingerprint density at radius 2 is 2.18 bits per heavy atom. The molecular weight excluding hydrogens is 238 g/mol. The van der Waals surface area contributed by atoms with Gasteiger partial charge in [0, 0.05) is 23.7 Å². The molecule has 4 nitrogen and oxygen atoms in total. The summed E-state index contributed by atoms with van der Waals surface area (Å²) >= 11 is 5.97. The molecule has 2 rings (SSSR count). The molecule has 0 bridgehead atoms. The number of halogens is 1. The minimum Gasteiger partial charge on any atom is -0.307 e. The van der Waals surface area contributed by atoms with Crippen LogP contribution in [0.5, 0.6) is 0 Å². The Morgan fingerprint density at radius 1 is 1.41 bits per heavy atom. The first-order valence-electron chi connectivity index (χ1n) is 5.14. The van der Waals surface area contributed by atoms with Crippen LogP contribution in [0.1, 0.15) is 15.9 Å². The van der Waals surface area contributed by atoms with Crippen LogP contribution in [0.15, 0.2) is 30.5 Å². The summed E-state index contributed by atoms with van der Waals surface area (Å²) in [5.41, 5.74) is 1.34. The van der Waals surface area contributed by atoms with Crippen LogP contribution in [0.4, 0.5) is 5.82 Å². The van der Waals surface area contributed by atoms with Crippen LogP contribution in [-0.4, -0.2) is 15.7 Å². The fourth-order valence-electron chi connectivity index (χ4n) is 1.53. The maximum absolute atomic E-state index is 12.0. The van der Waals surface area contributed by atoms with Crippen molar-refractivity contribution in [3.8, 4) is 0 Å². The van der Waals surface area contributed by atoms with E-state index in [2.05, 4.69) is 10.4 Å². The van der Waals surface area contributed by atoms with E-state index in [1.54, 1.807) is 42.2 Å². The van der Waals surface area contributed by atoms with Crippen molar-refractivity contribution in [1.82, 2.24) is 9.78 Å². The van der Waals surface area contributed by atoms with Crippen molar-refractivity contribution in [2.45, 2.75) is 6.92 Å². The van der Waals surface area contributed by atoms with Crippen LogP contribution in [0.3, 0.4) is 0 Å². The van der Waals surface area contributed by atoms with Crippen molar-refractivity contribution >= 4 is 23.3 Å². The number of anilines is 1. The minimum atomic E-state index is -0.186. The SMILES string of the molecule is Cc1c(Cl)cccc1C(=O)Nc1ccnn1C. The van der Waals surface area contributed by atoms with Crippen molar-refractivity contribution in [3.63, 3.8) is 0 Å². The first-order valence-corrected chi connectivity index (χ1v) is 5.52. The second-order valence-corrected chi connectivity index (χ2v) is 4.11. The average Bonchev–Trinajstić information content (AvgIpc) is 2.68. The van der Waals surface area contributed by atoms with E-state index in [0.29, 0.717) is 16.4 Å². The lowest BCUT2D eigenvalue weighted by molar-refractivity contribution is 0.102. The van der Waals surface area contributed by atoms with Crippen molar-refractivity contribution in [1.29, 1.82) is 0 Å². The van der Waals surface area contributed by atoms with E-state index >= 15 is 0 Å². The number of aryl methyl sites for hydroxylation is 1. The molecule has 0 fully saturated rings. The van der Waals surface area contributed by atoms with Gasteiger partial charge in [0.15, 0.2) is 0 Å². The molecule has 1 aromatic heterocycles. The highest BCUT2D eigenvalue weighted by Gasteiger charge is 2.12. The maximum Gasteiger partial charge on any atom is 0.257 e. The monoisotopic (exact) mass is 249 g/mol. The van der Waals surface area contributed by atoms with Gasteiger partial charge in [0.2, 0.25) is 0 Å². The fraction of sp³-hybridized carbons (Fsp3) is 0.167. The highest BCUT2D eigenvalue weighted by Crippen LogP contribution is 2.19. The van der Waals surface area contributed by atoms with Crippen molar-refractivity contribution < 1.29 is 4.79 Å². The molecule has 88 valence electrons. The molecule has 0 aliphatic heterocycles. The van der Waals surface area contributed by atoms with Crippen molar-refractivity contribution in [2.24, 2.45) is 7.05 Å². The molecule has 5 heteroatoms. The number of hydrogen-bond acceptors (Lipinski definition) is 2. The fourth-order valence-corrected chi connectivity index (χ4v) is 1.71. The molecule has 0 aliphatic carbocycles. The lowest BCUT2D eigenvalue weighted by Gasteiger charge is -2.08. The van der Waals surface area contributed by atoms with Crippen LogP contribution in [-0.2, 0) is 7.05 Å². The summed E-state index contributed by atoms with van der Waals surface area (Å²) in [5.74, 6) is 0.461. The molecule has 0 saturated heterocycles. The number of nitrogens with one attached hydrogen (secondary N) is 1. The highest BCUT2D eigenvalue weighted by atomic mass is 35.5. The van der Waals surface area contributed by atoms with E-state index in [4.69, 9.17) is 11.6 Å². The Hall–Kier alpha value is -1.81. The first kappa shape index (κ1) is 11.7. The van der Waals surface area contributed by atoms with Gasteiger partial charge in [-0.1, -0.05) is 17.7 Å². The van der Waals surface area contributed by atoms with Gasteiger partial charge < -0.3 is 5.32 Å². The standard InChI is InChI=1S/C12H12ClN3O/c1-8-9(4-3-5-10(8)13)12(17)15-11-6-7-14-16(11)2/h3-7H,1-2H3,(H,15,17). The van der Waals surface area contributed by atoms with Gasteiger partial charge in [0.05, 0.1) is 6.20 Å². The van der Waals surface area contributed by atoms with E-state index in [1.165, 1.54) is 0 Å². The Labute approximate surface area is 104 Å². The first-order chi connectivity index (χ1) is 8.09. The lowest BCUT2D eigenvalue weighted by atomic mass is 10.1. The minimum absolute atomic E-state index is 0.186. The average molecular weight is 250 g/mol. The largest absolute Gasteiger partial charge is 0.307 e. The zero-order chi connectivity index (χ0) is 12.4. The number of carbonyl (C=O) groups excluding carboxylic acids is 1. The van der Waals surface area contributed by atoms with Gasteiger partial charge >= 0.3 is 0 Å². The molecule has 0 saturated carbocycles. The predicted octanol–water partition coefficient (Wildman–Crippen LogP) is 2.63. The summed E-state index contributed by atoms with van der Waals surface area (Å²) < 4.78 is 1.60. The maximum atomic E-state index is 12.0. The number of hydrogen-bond donors (Lipinski definition) is 1. The number of carbonyl (C=O) groups is 1. The zero-order valence-corrected chi connectivity index (χ0v) is 10.3. The van der Waals surface area contributed by atoms with Crippen molar-refractivity contribution in [2.75, 3.05) is 5.32 Å². The van der Waals surface area contributed by atoms with Gasteiger partial charge in [0.1, 0.15) is 5.82 Å². The molecule has 1 aromatic carbocycles. The van der Waals surface area contributed by atoms with Crippen molar-refractivity contribution in [3.05, 3.63) is 46.6 Å². The number of amides is 1. The van der Waals surface area contributed by atoms with Crippen LogP contribution >= 0.6 is 11.6 Å². The number of rotatable bonds is 2. The zero-order valence-electron chi connectivity index (χ0n) is 9.57.